The molecule has 0 spiro atoms. The lowest BCUT2D eigenvalue weighted by Crippen LogP contribution is -2.28. The van der Waals surface area contributed by atoms with Gasteiger partial charge < -0.3 is 4.74 Å². The molecule has 32 heavy (non-hydrogen) atoms. The maximum Gasteiger partial charge on any atom is 0.131 e. The number of thiol groups is 1. The maximum atomic E-state index is 6.88. The quantitative estimate of drug-likeness (QED) is 0.403. The first-order valence-corrected chi connectivity index (χ1v) is 11.9. The molecule has 1 aliphatic heterocycles. The van der Waals surface area contributed by atoms with Crippen LogP contribution in [-0.2, 0) is 17.3 Å². The fourth-order valence-corrected chi connectivity index (χ4v) is 4.58. The van der Waals surface area contributed by atoms with E-state index in [1.807, 2.05) is 6.07 Å². The normalized spacial score (nSPS) is 16.2. The number of rotatable bonds is 3. The van der Waals surface area contributed by atoms with Crippen molar-refractivity contribution in [3.63, 3.8) is 0 Å². The standard InChI is InChI=1S/C30H34OS/c1-29(2,3)22-17-21-18-24(23-14-10-11-15-27(23)32)26(16-20-12-8-7-9-13-20)31-28(21)25(19-22)30(4,5)6/h7-15,17-19,26,32H,16H2,1-6H3/t26-/m0/s1. The summed E-state index contributed by atoms with van der Waals surface area (Å²) < 4.78 is 6.88. The van der Waals surface area contributed by atoms with Crippen molar-refractivity contribution in [1.29, 1.82) is 0 Å². The van der Waals surface area contributed by atoms with Gasteiger partial charge in [0.1, 0.15) is 11.9 Å². The van der Waals surface area contributed by atoms with Gasteiger partial charge in [-0.25, -0.2) is 0 Å². The minimum atomic E-state index is -0.0696. The molecule has 1 aliphatic rings. The number of ether oxygens (including phenoxy) is 1. The Morgan fingerprint density at radius 2 is 1.47 bits per heavy atom. The van der Waals surface area contributed by atoms with Crippen LogP contribution in [0.2, 0.25) is 0 Å². The largest absolute Gasteiger partial charge is 0.484 e. The molecule has 0 saturated heterocycles. The molecule has 3 aromatic carbocycles. The van der Waals surface area contributed by atoms with E-state index in [0.29, 0.717) is 0 Å². The molecule has 166 valence electrons. The van der Waals surface area contributed by atoms with E-state index in [2.05, 4.69) is 108 Å². The molecule has 0 fully saturated rings. The van der Waals surface area contributed by atoms with Gasteiger partial charge in [0.15, 0.2) is 0 Å². The van der Waals surface area contributed by atoms with Crippen molar-refractivity contribution in [2.24, 2.45) is 0 Å². The monoisotopic (exact) mass is 442 g/mol. The van der Waals surface area contributed by atoms with E-state index in [9.17, 15) is 0 Å². The average molecular weight is 443 g/mol. The van der Waals surface area contributed by atoms with Crippen LogP contribution >= 0.6 is 12.6 Å². The van der Waals surface area contributed by atoms with Gasteiger partial charge in [0.25, 0.3) is 0 Å². The Bertz CT molecular complexity index is 1140. The van der Waals surface area contributed by atoms with Crippen molar-refractivity contribution < 1.29 is 4.74 Å². The van der Waals surface area contributed by atoms with Crippen LogP contribution in [0.5, 0.6) is 5.75 Å². The highest BCUT2D eigenvalue weighted by Gasteiger charge is 2.32. The molecule has 1 nitrogen and oxygen atoms in total. The van der Waals surface area contributed by atoms with Crippen molar-refractivity contribution >= 4 is 24.3 Å². The van der Waals surface area contributed by atoms with Gasteiger partial charge in [0.05, 0.1) is 0 Å². The van der Waals surface area contributed by atoms with Crippen LogP contribution in [0.3, 0.4) is 0 Å². The van der Waals surface area contributed by atoms with Crippen LogP contribution < -0.4 is 4.74 Å². The van der Waals surface area contributed by atoms with Crippen molar-refractivity contribution in [2.75, 3.05) is 0 Å². The van der Waals surface area contributed by atoms with Crippen LogP contribution in [0, 0.1) is 0 Å². The minimum Gasteiger partial charge on any atom is -0.484 e. The summed E-state index contributed by atoms with van der Waals surface area (Å²) in [7, 11) is 0. The van der Waals surface area contributed by atoms with Crippen LogP contribution in [0.25, 0.3) is 11.6 Å². The first-order chi connectivity index (χ1) is 15.0. The summed E-state index contributed by atoms with van der Waals surface area (Å²) in [6.45, 7) is 13.6. The zero-order chi connectivity index (χ0) is 23.1. The van der Waals surface area contributed by atoms with Gasteiger partial charge in [-0.3, -0.25) is 0 Å². The second-order valence-electron chi connectivity index (χ2n) is 10.9. The molecule has 0 aromatic heterocycles. The molecule has 2 heteroatoms. The predicted octanol–water partition coefficient (Wildman–Crippen LogP) is 8.11. The van der Waals surface area contributed by atoms with E-state index < -0.39 is 0 Å². The first kappa shape index (κ1) is 22.7. The zero-order valence-corrected chi connectivity index (χ0v) is 21.0. The summed E-state index contributed by atoms with van der Waals surface area (Å²) >= 11 is 4.78. The van der Waals surface area contributed by atoms with Gasteiger partial charge >= 0.3 is 0 Å². The third-order valence-electron chi connectivity index (χ3n) is 6.19. The number of fused-ring (bicyclic) bond motifs is 1. The lowest BCUT2D eigenvalue weighted by atomic mass is 9.77. The molecule has 1 heterocycles. The zero-order valence-electron chi connectivity index (χ0n) is 20.1. The number of hydrogen-bond acceptors (Lipinski definition) is 2. The maximum absolute atomic E-state index is 6.88. The van der Waals surface area contributed by atoms with Gasteiger partial charge in [0, 0.05) is 28.0 Å². The summed E-state index contributed by atoms with van der Waals surface area (Å²) in [5.41, 5.74) is 7.42. The molecule has 3 aromatic rings. The highest BCUT2D eigenvalue weighted by Crippen LogP contribution is 2.45. The second-order valence-corrected chi connectivity index (χ2v) is 11.3. The predicted molar refractivity (Wildman–Crippen MR) is 140 cm³/mol. The van der Waals surface area contributed by atoms with Crippen LogP contribution in [0.15, 0.2) is 71.6 Å². The van der Waals surface area contributed by atoms with Gasteiger partial charge in [-0.1, -0.05) is 96.1 Å². The molecule has 0 saturated carbocycles. The minimum absolute atomic E-state index is 0.0184. The highest BCUT2D eigenvalue weighted by molar-refractivity contribution is 7.80. The van der Waals surface area contributed by atoms with Crippen LogP contribution in [-0.4, -0.2) is 6.10 Å². The summed E-state index contributed by atoms with van der Waals surface area (Å²) in [4.78, 5) is 0.979. The smallest absolute Gasteiger partial charge is 0.131 e. The van der Waals surface area contributed by atoms with Gasteiger partial charge in [0.2, 0.25) is 0 Å². The molecule has 4 rings (SSSR count). The Hall–Kier alpha value is -2.45. The van der Waals surface area contributed by atoms with Crippen molar-refractivity contribution in [3.05, 3.63) is 94.5 Å². The van der Waals surface area contributed by atoms with Crippen molar-refractivity contribution in [2.45, 2.75) is 69.8 Å². The summed E-state index contributed by atoms with van der Waals surface area (Å²) in [5.74, 6) is 1.02. The number of benzene rings is 3. The van der Waals surface area contributed by atoms with Gasteiger partial charge in [-0.15, -0.1) is 12.6 Å². The molecule has 0 unspecified atom stereocenters. The SMILES string of the molecule is CC(C)(C)c1cc2c(c(C(C)(C)C)c1)O[C@@H](Cc1ccccc1)C(c1ccccc1S)=C2. The molecule has 0 amide bonds. The topological polar surface area (TPSA) is 9.23 Å². The molecule has 0 bridgehead atoms. The fraction of sp³-hybridized carbons (Fsp3) is 0.333. The van der Waals surface area contributed by atoms with E-state index in [1.165, 1.54) is 27.8 Å². The molecule has 0 N–H and O–H groups in total. The first-order valence-electron chi connectivity index (χ1n) is 11.4. The Labute approximate surface area is 198 Å². The molecule has 1 atom stereocenters. The molecule has 0 radical (unpaired) electrons. The summed E-state index contributed by atoms with van der Waals surface area (Å²) in [5, 5.41) is 0. The molecular weight excluding hydrogens is 408 g/mol. The third-order valence-corrected chi connectivity index (χ3v) is 6.58. The lowest BCUT2D eigenvalue weighted by molar-refractivity contribution is 0.248. The molecular formula is C30H34OS. The van der Waals surface area contributed by atoms with Crippen LogP contribution in [0.1, 0.15) is 69.4 Å². The third kappa shape index (κ3) is 4.66. The number of hydrogen-bond donors (Lipinski definition) is 1. The Balaban J connectivity index is 1.93. The van der Waals surface area contributed by atoms with Gasteiger partial charge in [-0.05, 0) is 45.7 Å². The van der Waals surface area contributed by atoms with Crippen LogP contribution in [0.4, 0.5) is 0 Å². The van der Waals surface area contributed by atoms with Crippen molar-refractivity contribution in [3.8, 4) is 5.75 Å². The van der Waals surface area contributed by atoms with Crippen molar-refractivity contribution in [1.82, 2.24) is 0 Å². The van der Waals surface area contributed by atoms with E-state index in [0.717, 1.165) is 22.6 Å². The Kier molecular flexibility index (Phi) is 6.02. The highest BCUT2D eigenvalue weighted by atomic mass is 32.1. The van der Waals surface area contributed by atoms with Gasteiger partial charge in [-0.2, -0.15) is 0 Å². The Morgan fingerprint density at radius 3 is 2.09 bits per heavy atom. The van der Waals surface area contributed by atoms with E-state index in [1.54, 1.807) is 0 Å². The summed E-state index contributed by atoms with van der Waals surface area (Å²) in [6, 6.07) is 23.6. The Morgan fingerprint density at radius 1 is 0.812 bits per heavy atom. The second kappa shape index (κ2) is 8.48. The summed E-state index contributed by atoms with van der Waals surface area (Å²) in [6.07, 6.45) is 3.09. The fourth-order valence-electron chi connectivity index (χ4n) is 4.30. The van der Waals surface area contributed by atoms with E-state index in [4.69, 9.17) is 17.4 Å². The lowest BCUT2D eigenvalue weighted by Gasteiger charge is -2.34. The van der Waals surface area contributed by atoms with E-state index in [-0.39, 0.29) is 16.9 Å². The molecule has 0 aliphatic carbocycles. The van der Waals surface area contributed by atoms with E-state index >= 15 is 0 Å². The average Bonchev–Trinajstić information content (AvgIpc) is 2.72.